The summed E-state index contributed by atoms with van der Waals surface area (Å²) in [5, 5.41) is 4.64. The van der Waals surface area contributed by atoms with Gasteiger partial charge in [0.25, 0.3) is 0 Å². The molecule has 0 bridgehead atoms. The number of nitrogens with zero attached hydrogens (tertiary/aromatic N) is 10. The number of pyridine rings is 4. The predicted octanol–water partition coefficient (Wildman–Crippen LogP) is 12.4. The fourth-order valence-corrected chi connectivity index (χ4v) is 11.1. The number of hydrogen-bond donors (Lipinski definition) is 3. The minimum absolute atomic E-state index is 0. The Hall–Kier alpha value is -6.03. The van der Waals surface area contributed by atoms with Crippen LogP contribution < -0.4 is 10.2 Å². The number of rotatable bonds is 14. The van der Waals surface area contributed by atoms with Gasteiger partial charge in [-0.25, -0.2) is 24.3 Å². The summed E-state index contributed by atoms with van der Waals surface area (Å²) in [6, 6.07) is 23.4. The second kappa shape index (κ2) is 23.9. The SMILES string of the molecule is C.CCN(CCN1C[C@H](C)C[C@H](C)C1)c1cnc2ccc(-c3[nH]cnc3-c3cc(Cl)ccc3C)nc2c1.CCN1[C@H](C)CN(CCNc2cnc3ccc(-c4[nH]cnc4-c4cc(Cl)ccc4F)nc3c2)C[C@@H]1C. The van der Waals surface area contributed by atoms with Gasteiger partial charge in [0.2, 0.25) is 0 Å². The van der Waals surface area contributed by atoms with Gasteiger partial charge in [0.15, 0.2) is 0 Å². The molecule has 8 aromatic rings. The number of aromatic nitrogens is 8. The highest BCUT2D eigenvalue weighted by atomic mass is 35.5. The zero-order valence-electron chi connectivity index (χ0n) is 42.4. The molecule has 3 N–H and O–H groups in total. The van der Waals surface area contributed by atoms with Gasteiger partial charge in [-0.05, 0) is 125 Å². The number of aryl methyl sites for hydroxylation is 1. The fourth-order valence-electron chi connectivity index (χ4n) is 10.8. The number of nitrogens with one attached hydrogen (secondary N) is 3. The molecule has 0 aliphatic carbocycles. The molecular weight excluding hydrogens is 957 g/mol. The predicted molar refractivity (Wildman–Crippen MR) is 300 cm³/mol. The van der Waals surface area contributed by atoms with Crippen LogP contribution in [0.4, 0.5) is 15.8 Å². The molecule has 6 aromatic heterocycles. The van der Waals surface area contributed by atoms with Gasteiger partial charge in [0.1, 0.15) is 11.5 Å². The van der Waals surface area contributed by atoms with Gasteiger partial charge in [-0.1, -0.05) is 57.5 Å². The quantitative estimate of drug-likeness (QED) is 0.0961. The van der Waals surface area contributed by atoms with Gasteiger partial charge in [-0.3, -0.25) is 19.8 Å². The summed E-state index contributed by atoms with van der Waals surface area (Å²) in [5.41, 5.74) is 12.1. The summed E-state index contributed by atoms with van der Waals surface area (Å²) in [7, 11) is 0. The number of halogens is 3. The second-order valence-electron chi connectivity index (χ2n) is 19.7. The molecule has 0 unspecified atom stereocenters. The van der Waals surface area contributed by atoms with Crippen LogP contribution in [0.15, 0.2) is 97.8 Å². The van der Waals surface area contributed by atoms with Crippen molar-refractivity contribution in [1.29, 1.82) is 0 Å². The van der Waals surface area contributed by atoms with E-state index in [4.69, 9.17) is 38.2 Å². The normalized spacial score (nSPS) is 18.6. The van der Waals surface area contributed by atoms with Crippen LogP contribution in [0.1, 0.15) is 61.0 Å². The van der Waals surface area contributed by atoms with Crippen LogP contribution >= 0.6 is 23.2 Å². The van der Waals surface area contributed by atoms with E-state index < -0.39 is 0 Å². The van der Waals surface area contributed by atoms with Crippen LogP contribution in [0.2, 0.25) is 10.0 Å². The van der Waals surface area contributed by atoms with E-state index in [1.165, 1.54) is 38.0 Å². The maximum Gasteiger partial charge on any atom is 0.132 e. The first kappa shape index (κ1) is 53.3. The minimum Gasteiger partial charge on any atom is -0.382 e. The summed E-state index contributed by atoms with van der Waals surface area (Å²) in [5.74, 6) is 1.16. The molecular formula is C57H70Cl2FN13. The maximum absolute atomic E-state index is 14.5. The Bertz CT molecular complexity index is 3100. The van der Waals surface area contributed by atoms with Crippen LogP contribution in [-0.2, 0) is 0 Å². The van der Waals surface area contributed by atoms with Crippen molar-refractivity contribution in [3.63, 3.8) is 0 Å². The third kappa shape index (κ3) is 12.5. The van der Waals surface area contributed by atoms with Gasteiger partial charge in [0, 0.05) is 92.2 Å². The van der Waals surface area contributed by atoms with E-state index in [-0.39, 0.29) is 13.2 Å². The van der Waals surface area contributed by atoms with E-state index in [1.54, 1.807) is 12.4 Å². The number of fused-ring (bicyclic) bond motifs is 2. The zero-order valence-corrected chi connectivity index (χ0v) is 43.9. The largest absolute Gasteiger partial charge is 0.382 e. The number of aromatic amines is 2. The fraction of sp³-hybridized carbons (Fsp3) is 0.404. The zero-order chi connectivity index (χ0) is 50.5. The van der Waals surface area contributed by atoms with Crippen LogP contribution in [0.25, 0.3) is 67.4 Å². The van der Waals surface area contributed by atoms with Gasteiger partial charge < -0.3 is 25.1 Å². The molecule has 8 heterocycles. The Kier molecular flexibility index (Phi) is 17.4. The minimum atomic E-state index is -0.387. The smallest absolute Gasteiger partial charge is 0.132 e. The lowest BCUT2D eigenvalue weighted by Gasteiger charge is -2.44. The van der Waals surface area contributed by atoms with Crippen LogP contribution in [0, 0.1) is 24.6 Å². The summed E-state index contributed by atoms with van der Waals surface area (Å²) in [4.78, 5) is 44.6. The molecule has 0 amide bonds. The van der Waals surface area contributed by atoms with E-state index in [0.29, 0.717) is 44.8 Å². The molecule has 2 aliphatic rings. The lowest BCUT2D eigenvalue weighted by Crippen LogP contribution is -2.57. The molecule has 2 aliphatic heterocycles. The summed E-state index contributed by atoms with van der Waals surface area (Å²) in [6.07, 6.45) is 8.41. The van der Waals surface area contributed by atoms with E-state index >= 15 is 0 Å². The molecule has 2 saturated heterocycles. The standard InChI is InChI=1S/C29H35ClN6.C27H31ClFN7.CH4/c1-5-36(11-10-35-16-19(2)12-20(3)17-35)23-14-27-25(31-15-23)8-9-26(34-27)29-28(32-18-33-29)24-13-22(30)7-6-21(24)4;1-4-36-17(2)14-35(15-18(36)3)10-9-30-20-12-25-23(31-13-20)7-8-24(34-25)27-26(32-16-33-27)21-11-19(28)5-6-22(21)29;/h6-9,13-15,18-20H,5,10-12,16-17H2,1-4H3,(H,32,33);5-8,11-13,16-18,30H,4,9-10,14-15H2,1-3H3,(H,32,33);1H4/t19-,20+;17-,18+;. The Labute approximate surface area is 440 Å². The van der Waals surface area contributed by atoms with Crippen molar-refractivity contribution in [3.8, 4) is 45.3 Å². The van der Waals surface area contributed by atoms with Crippen molar-refractivity contribution in [2.24, 2.45) is 11.8 Å². The topological polar surface area (TPSA) is 134 Å². The molecule has 2 fully saturated rings. The summed E-state index contributed by atoms with van der Waals surface area (Å²) >= 11 is 12.4. The van der Waals surface area contributed by atoms with Gasteiger partial charge in [-0.2, -0.15) is 0 Å². The Morgan fingerprint density at radius 3 is 1.88 bits per heavy atom. The Balaban J connectivity index is 0.000000192. The molecule has 0 saturated carbocycles. The molecule has 10 rings (SSSR count). The van der Waals surface area contributed by atoms with Gasteiger partial charge >= 0.3 is 0 Å². The van der Waals surface area contributed by atoms with Crippen molar-refractivity contribution >= 4 is 56.6 Å². The summed E-state index contributed by atoms with van der Waals surface area (Å²) in [6.45, 7) is 26.3. The van der Waals surface area contributed by atoms with Crippen molar-refractivity contribution in [1.82, 2.24) is 54.6 Å². The lowest BCUT2D eigenvalue weighted by molar-refractivity contribution is 0.0455. The molecule has 13 nitrogen and oxygen atoms in total. The van der Waals surface area contributed by atoms with Gasteiger partial charge in [0.05, 0.1) is 87.0 Å². The molecule has 0 spiro atoms. The van der Waals surface area contributed by atoms with E-state index in [9.17, 15) is 4.39 Å². The third-order valence-corrected chi connectivity index (χ3v) is 14.6. The Morgan fingerprint density at radius 2 is 1.25 bits per heavy atom. The van der Waals surface area contributed by atoms with Crippen molar-refractivity contribution in [3.05, 3.63) is 119 Å². The lowest BCUT2D eigenvalue weighted by atomic mass is 9.92. The maximum atomic E-state index is 14.5. The number of piperazine rings is 1. The number of hydrogen-bond acceptors (Lipinski definition) is 11. The second-order valence-corrected chi connectivity index (χ2v) is 20.6. The number of piperidine rings is 1. The number of H-pyrrole nitrogens is 2. The van der Waals surface area contributed by atoms with Crippen LogP contribution in [0.3, 0.4) is 0 Å². The molecule has 73 heavy (non-hydrogen) atoms. The Morgan fingerprint density at radius 1 is 0.671 bits per heavy atom. The van der Waals surface area contributed by atoms with Crippen LogP contribution in [0.5, 0.6) is 0 Å². The summed E-state index contributed by atoms with van der Waals surface area (Å²) < 4.78 is 14.5. The first-order valence-corrected chi connectivity index (χ1v) is 26.1. The van der Waals surface area contributed by atoms with Crippen molar-refractivity contribution in [2.75, 3.05) is 75.7 Å². The van der Waals surface area contributed by atoms with E-state index in [0.717, 1.165) is 126 Å². The van der Waals surface area contributed by atoms with E-state index in [1.807, 2.05) is 60.9 Å². The average Bonchev–Trinajstić information content (AvgIpc) is 4.07. The van der Waals surface area contributed by atoms with Gasteiger partial charge in [-0.15, -0.1) is 0 Å². The molecule has 2 aromatic carbocycles. The molecule has 16 heteroatoms. The number of anilines is 2. The monoisotopic (exact) mass is 1030 g/mol. The number of imidazole rings is 2. The first-order valence-electron chi connectivity index (χ1n) is 25.4. The first-order chi connectivity index (χ1) is 34.8. The van der Waals surface area contributed by atoms with Crippen molar-refractivity contribution < 1.29 is 4.39 Å². The molecule has 0 radical (unpaired) electrons. The number of likely N-dealkylation sites (tertiary alicyclic amines) is 1. The molecule has 4 atom stereocenters. The highest BCUT2D eigenvalue weighted by Gasteiger charge is 2.28. The van der Waals surface area contributed by atoms with Crippen LogP contribution in [-0.4, -0.2) is 132 Å². The van der Waals surface area contributed by atoms with Crippen molar-refractivity contribution in [2.45, 2.75) is 74.4 Å². The average molecular weight is 1030 g/mol. The highest BCUT2D eigenvalue weighted by molar-refractivity contribution is 6.31. The molecule has 384 valence electrons. The van der Waals surface area contributed by atoms with E-state index in [2.05, 4.69) is 104 Å². The third-order valence-electron chi connectivity index (χ3n) is 14.2. The number of likely N-dealkylation sites (N-methyl/N-ethyl adjacent to an activating group) is 2. The highest BCUT2D eigenvalue weighted by Crippen LogP contribution is 2.35. The number of benzene rings is 2.